The predicted molar refractivity (Wildman–Crippen MR) is 67.5 cm³/mol. The van der Waals surface area contributed by atoms with Crippen molar-refractivity contribution in [3.05, 3.63) is 11.8 Å². The van der Waals surface area contributed by atoms with Gasteiger partial charge >= 0.3 is 6.18 Å². The molecule has 0 aromatic carbocycles. The SMILES string of the molecule is CC(C)C(C)N(C)c1cc(C(F)(F)F)nc(NN)n1. The molecule has 1 aromatic heterocycles. The highest BCUT2D eigenvalue weighted by Crippen LogP contribution is 2.30. The molecule has 0 amide bonds. The third-order valence-corrected chi connectivity index (χ3v) is 3.07. The Kier molecular flexibility index (Phi) is 4.56. The second kappa shape index (κ2) is 5.60. The summed E-state index contributed by atoms with van der Waals surface area (Å²) in [6.07, 6.45) is -4.54. The molecule has 8 heteroatoms. The molecule has 5 nitrogen and oxygen atoms in total. The number of nitrogens with one attached hydrogen (secondary N) is 1. The smallest absolute Gasteiger partial charge is 0.357 e. The van der Waals surface area contributed by atoms with E-state index in [1.165, 1.54) is 0 Å². The van der Waals surface area contributed by atoms with Crippen LogP contribution in [0.25, 0.3) is 0 Å². The number of hydrogen-bond acceptors (Lipinski definition) is 5. The Labute approximate surface area is 110 Å². The van der Waals surface area contributed by atoms with Crippen LogP contribution in [-0.2, 0) is 6.18 Å². The number of nitrogens with two attached hydrogens (primary N) is 1. The molecule has 0 spiro atoms. The van der Waals surface area contributed by atoms with Gasteiger partial charge in [0.15, 0.2) is 5.69 Å². The summed E-state index contributed by atoms with van der Waals surface area (Å²) in [6, 6.07) is 0.946. The van der Waals surface area contributed by atoms with Crippen molar-refractivity contribution in [2.45, 2.75) is 33.0 Å². The Balaban J connectivity index is 3.20. The van der Waals surface area contributed by atoms with E-state index in [0.29, 0.717) is 0 Å². The summed E-state index contributed by atoms with van der Waals surface area (Å²) in [4.78, 5) is 8.93. The molecule has 0 aliphatic heterocycles. The van der Waals surface area contributed by atoms with Crippen LogP contribution in [0.5, 0.6) is 0 Å². The lowest BCUT2D eigenvalue weighted by Gasteiger charge is -2.29. The van der Waals surface area contributed by atoms with Crippen LogP contribution < -0.4 is 16.2 Å². The largest absolute Gasteiger partial charge is 0.433 e. The Hall–Kier alpha value is -1.57. The van der Waals surface area contributed by atoms with Gasteiger partial charge in [-0.05, 0) is 12.8 Å². The van der Waals surface area contributed by atoms with Crippen molar-refractivity contribution in [1.82, 2.24) is 9.97 Å². The zero-order valence-electron chi connectivity index (χ0n) is 11.3. The van der Waals surface area contributed by atoms with Crippen LogP contribution in [0.4, 0.5) is 24.9 Å². The molecular weight excluding hydrogens is 259 g/mol. The van der Waals surface area contributed by atoms with Gasteiger partial charge < -0.3 is 4.90 Å². The lowest BCUT2D eigenvalue weighted by molar-refractivity contribution is -0.141. The standard InChI is InChI=1S/C11H18F3N5/c1-6(2)7(3)19(4)9-5-8(11(12,13)14)16-10(17-9)18-15/h5-7H,15H2,1-4H3,(H,16,17,18). The molecule has 0 radical (unpaired) electrons. The maximum absolute atomic E-state index is 12.7. The first kappa shape index (κ1) is 15.5. The van der Waals surface area contributed by atoms with Crippen LogP contribution >= 0.6 is 0 Å². The number of rotatable bonds is 4. The second-order valence-electron chi connectivity index (χ2n) is 4.67. The van der Waals surface area contributed by atoms with Gasteiger partial charge in [-0.3, -0.25) is 5.43 Å². The Morgan fingerprint density at radius 3 is 2.26 bits per heavy atom. The van der Waals surface area contributed by atoms with E-state index in [1.807, 2.05) is 20.8 Å². The number of hydrazine groups is 1. The molecule has 0 bridgehead atoms. The molecule has 1 aromatic rings. The summed E-state index contributed by atoms with van der Waals surface area (Å²) in [7, 11) is 1.69. The fraction of sp³-hybridized carbons (Fsp3) is 0.636. The van der Waals surface area contributed by atoms with Crippen molar-refractivity contribution in [1.29, 1.82) is 0 Å². The average molecular weight is 277 g/mol. The zero-order valence-corrected chi connectivity index (χ0v) is 11.3. The van der Waals surface area contributed by atoms with E-state index in [9.17, 15) is 13.2 Å². The van der Waals surface area contributed by atoms with E-state index in [1.54, 1.807) is 11.9 Å². The highest BCUT2D eigenvalue weighted by molar-refractivity contribution is 5.45. The fourth-order valence-electron chi connectivity index (χ4n) is 1.48. The Bertz CT molecular complexity index is 433. The van der Waals surface area contributed by atoms with Crippen LogP contribution in [0.1, 0.15) is 26.5 Å². The molecule has 0 fully saturated rings. The molecule has 0 saturated carbocycles. The van der Waals surface area contributed by atoms with Gasteiger partial charge in [-0.2, -0.15) is 18.2 Å². The number of anilines is 2. The van der Waals surface area contributed by atoms with Gasteiger partial charge in [0.2, 0.25) is 5.95 Å². The minimum Gasteiger partial charge on any atom is -0.357 e. The van der Waals surface area contributed by atoms with Crippen LogP contribution in [0, 0.1) is 5.92 Å². The zero-order chi connectivity index (χ0) is 14.8. The lowest BCUT2D eigenvalue weighted by Crippen LogP contribution is -2.34. The van der Waals surface area contributed by atoms with Crippen LogP contribution in [0.3, 0.4) is 0 Å². The Morgan fingerprint density at radius 2 is 1.84 bits per heavy atom. The number of halogens is 3. The average Bonchev–Trinajstić information content (AvgIpc) is 2.35. The monoisotopic (exact) mass is 277 g/mol. The highest BCUT2D eigenvalue weighted by atomic mass is 19.4. The third-order valence-electron chi connectivity index (χ3n) is 3.07. The summed E-state index contributed by atoms with van der Waals surface area (Å²) < 4.78 is 38.2. The number of hydrogen-bond donors (Lipinski definition) is 2. The van der Waals surface area contributed by atoms with Crippen molar-refractivity contribution in [2.24, 2.45) is 11.8 Å². The van der Waals surface area contributed by atoms with E-state index in [0.717, 1.165) is 6.07 Å². The van der Waals surface area contributed by atoms with Crippen LogP contribution in [0.15, 0.2) is 6.07 Å². The van der Waals surface area contributed by atoms with E-state index in [2.05, 4.69) is 15.4 Å². The molecule has 1 heterocycles. The summed E-state index contributed by atoms with van der Waals surface area (Å²) >= 11 is 0. The number of nitrogen functional groups attached to an aromatic ring is 1. The molecule has 1 unspecified atom stereocenters. The van der Waals surface area contributed by atoms with Gasteiger partial charge in [0.05, 0.1) is 0 Å². The number of alkyl halides is 3. The summed E-state index contributed by atoms with van der Waals surface area (Å²) in [5, 5.41) is 0. The van der Waals surface area contributed by atoms with Gasteiger partial charge in [0.25, 0.3) is 0 Å². The molecule has 0 aliphatic rings. The third kappa shape index (κ3) is 3.69. The van der Waals surface area contributed by atoms with Gasteiger partial charge in [-0.15, -0.1) is 0 Å². The number of nitrogens with zero attached hydrogens (tertiary/aromatic N) is 3. The predicted octanol–water partition coefficient (Wildman–Crippen LogP) is 2.26. The molecule has 1 rings (SSSR count). The van der Waals surface area contributed by atoms with Crippen molar-refractivity contribution in [2.75, 3.05) is 17.4 Å². The van der Waals surface area contributed by atoms with Gasteiger partial charge in [-0.25, -0.2) is 10.8 Å². The van der Waals surface area contributed by atoms with Crippen molar-refractivity contribution >= 4 is 11.8 Å². The summed E-state index contributed by atoms with van der Waals surface area (Å²) in [6.45, 7) is 5.87. The number of aromatic nitrogens is 2. The second-order valence-corrected chi connectivity index (χ2v) is 4.67. The van der Waals surface area contributed by atoms with E-state index < -0.39 is 11.9 Å². The molecule has 0 aliphatic carbocycles. The maximum Gasteiger partial charge on any atom is 0.433 e. The summed E-state index contributed by atoms with van der Waals surface area (Å²) in [5.74, 6) is 5.29. The fourth-order valence-corrected chi connectivity index (χ4v) is 1.48. The van der Waals surface area contributed by atoms with Gasteiger partial charge in [0, 0.05) is 19.2 Å². The molecular formula is C11H18F3N5. The molecule has 19 heavy (non-hydrogen) atoms. The van der Waals surface area contributed by atoms with Crippen LogP contribution in [0.2, 0.25) is 0 Å². The van der Waals surface area contributed by atoms with Gasteiger partial charge in [-0.1, -0.05) is 13.8 Å². The first-order valence-electron chi connectivity index (χ1n) is 5.82. The summed E-state index contributed by atoms with van der Waals surface area (Å²) in [5.41, 5.74) is 1.03. The molecule has 0 saturated heterocycles. The quantitative estimate of drug-likeness (QED) is 0.652. The molecule has 3 N–H and O–H groups in total. The van der Waals surface area contributed by atoms with Crippen molar-refractivity contribution in [3.63, 3.8) is 0 Å². The topological polar surface area (TPSA) is 67.1 Å². The highest BCUT2D eigenvalue weighted by Gasteiger charge is 2.34. The van der Waals surface area contributed by atoms with E-state index in [-0.39, 0.29) is 23.7 Å². The minimum atomic E-state index is -4.54. The maximum atomic E-state index is 12.7. The normalized spacial score (nSPS) is 13.5. The lowest BCUT2D eigenvalue weighted by atomic mass is 10.1. The van der Waals surface area contributed by atoms with E-state index in [4.69, 9.17) is 5.84 Å². The van der Waals surface area contributed by atoms with Crippen LogP contribution in [-0.4, -0.2) is 23.1 Å². The van der Waals surface area contributed by atoms with Crippen molar-refractivity contribution in [3.8, 4) is 0 Å². The van der Waals surface area contributed by atoms with E-state index >= 15 is 0 Å². The van der Waals surface area contributed by atoms with Gasteiger partial charge in [0.1, 0.15) is 5.82 Å². The molecule has 1 atom stereocenters. The minimum absolute atomic E-state index is 0.0293. The Morgan fingerprint density at radius 1 is 1.26 bits per heavy atom. The first-order chi connectivity index (χ1) is 8.66. The molecule has 108 valence electrons. The van der Waals surface area contributed by atoms with Crippen molar-refractivity contribution < 1.29 is 13.2 Å². The first-order valence-corrected chi connectivity index (χ1v) is 5.82.